The molecular weight excluding hydrogens is 268 g/mol. The molecule has 0 aromatic carbocycles. The van der Waals surface area contributed by atoms with Crippen molar-refractivity contribution in [3.63, 3.8) is 0 Å². The second-order valence-corrected chi connectivity index (χ2v) is 5.53. The van der Waals surface area contributed by atoms with Crippen molar-refractivity contribution in [1.82, 2.24) is 14.9 Å². The minimum Gasteiger partial charge on any atom is -0.393 e. The van der Waals surface area contributed by atoms with E-state index in [1.807, 2.05) is 0 Å². The summed E-state index contributed by atoms with van der Waals surface area (Å²) in [5, 5.41) is 3.34. The highest BCUT2D eigenvalue weighted by molar-refractivity contribution is 5.75. The van der Waals surface area contributed by atoms with Crippen LogP contribution in [0, 0.1) is 0 Å². The summed E-state index contributed by atoms with van der Waals surface area (Å²) in [6, 6.07) is 0. The molecule has 0 amide bonds. The van der Waals surface area contributed by atoms with Gasteiger partial charge in [-0.2, -0.15) is 0 Å². The number of nitrogens with two attached hydrogens (primary N) is 1. The van der Waals surface area contributed by atoms with Gasteiger partial charge in [-0.15, -0.1) is 0 Å². The summed E-state index contributed by atoms with van der Waals surface area (Å²) in [7, 11) is 0. The molecule has 2 saturated heterocycles. The highest BCUT2D eigenvalue weighted by atomic mass is 16.5. The van der Waals surface area contributed by atoms with Crippen LogP contribution in [-0.4, -0.2) is 67.4 Å². The van der Waals surface area contributed by atoms with Crippen LogP contribution in [0.15, 0.2) is 6.33 Å². The first-order valence-corrected chi connectivity index (χ1v) is 7.74. The molecule has 2 aliphatic heterocycles. The van der Waals surface area contributed by atoms with Gasteiger partial charge in [-0.3, -0.25) is 4.90 Å². The number of anilines is 3. The van der Waals surface area contributed by atoms with Crippen LogP contribution >= 0.6 is 0 Å². The Morgan fingerprint density at radius 3 is 2.67 bits per heavy atom. The summed E-state index contributed by atoms with van der Waals surface area (Å²) in [6.07, 6.45) is 4.02. The van der Waals surface area contributed by atoms with E-state index in [4.69, 9.17) is 10.5 Å². The second kappa shape index (κ2) is 6.91. The fourth-order valence-electron chi connectivity index (χ4n) is 2.87. The first kappa shape index (κ1) is 14.3. The number of nitrogens with zero attached hydrogens (tertiary/aromatic N) is 4. The molecule has 2 fully saturated rings. The van der Waals surface area contributed by atoms with Gasteiger partial charge in [0.1, 0.15) is 12.0 Å². The third-order valence-corrected chi connectivity index (χ3v) is 4.09. The predicted octanol–water partition coefficient (Wildman–Crippen LogP) is 0.403. The Morgan fingerprint density at radius 1 is 1.14 bits per heavy atom. The molecule has 0 atom stereocenters. The normalized spacial score (nSPS) is 19.9. The fourth-order valence-corrected chi connectivity index (χ4v) is 2.87. The maximum absolute atomic E-state index is 6.22. The van der Waals surface area contributed by atoms with Crippen LogP contribution in [0.1, 0.15) is 12.8 Å². The van der Waals surface area contributed by atoms with Gasteiger partial charge in [0, 0.05) is 39.3 Å². The van der Waals surface area contributed by atoms with Gasteiger partial charge in [-0.25, -0.2) is 9.97 Å². The lowest BCUT2D eigenvalue weighted by Gasteiger charge is -2.26. The maximum atomic E-state index is 6.22. The average molecular weight is 292 g/mol. The van der Waals surface area contributed by atoms with Gasteiger partial charge >= 0.3 is 0 Å². The number of hydrogen-bond acceptors (Lipinski definition) is 7. The number of nitrogen functional groups attached to an aromatic ring is 1. The lowest BCUT2D eigenvalue weighted by Crippen LogP contribution is -2.39. The van der Waals surface area contributed by atoms with E-state index < -0.39 is 0 Å². The molecule has 2 aliphatic rings. The first-order chi connectivity index (χ1) is 10.3. The lowest BCUT2D eigenvalue weighted by atomic mass is 10.3. The Kier molecular flexibility index (Phi) is 4.72. The third-order valence-electron chi connectivity index (χ3n) is 4.09. The number of hydrogen-bond donors (Lipinski definition) is 2. The molecule has 0 radical (unpaired) electrons. The zero-order valence-electron chi connectivity index (χ0n) is 12.4. The van der Waals surface area contributed by atoms with Gasteiger partial charge in [0.25, 0.3) is 0 Å². The van der Waals surface area contributed by atoms with E-state index in [9.17, 15) is 0 Å². The monoisotopic (exact) mass is 292 g/mol. The van der Waals surface area contributed by atoms with Crippen LogP contribution in [0.4, 0.5) is 17.3 Å². The van der Waals surface area contributed by atoms with Crippen molar-refractivity contribution >= 4 is 17.3 Å². The van der Waals surface area contributed by atoms with Crippen LogP contribution in [0.2, 0.25) is 0 Å². The van der Waals surface area contributed by atoms with Crippen molar-refractivity contribution in [3.05, 3.63) is 6.33 Å². The minimum absolute atomic E-state index is 0.668. The number of rotatable bonds is 5. The summed E-state index contributed by atoms with van der Waals surface area (Å²) in [5.74, 6) is 1.62. The molecule has 7 nitrogen and oxygen atoms in total. The largest absolute Gasteiger partial charge is 0.393 e. The quantitative estimate of drug-likeness (QED) is 0.813. The van der Waals surface area contributed by atoms with E-state index in [2.05, 4.69) is 25.1 Å². The second-order valence-electron chi connectivity index (χ2n) is 5.53. The predicted molar refractivity (Wildman–Crippen MR) is 83.6 cm³/mol. The molecule has 0 unspecified atom stereocenters. The van der Waals surface area contributed by atoms with Crippen molar-refractivity contribution in [2.45, 2.75) is 12.8 Å². The van der Waals surface area contributed by atoms with Gasteiger partial charge in [-0.1, -0.05) is 0 Å². The van der Waals surface area contributed by atoms with Crippen LogP contribution < -0.4 is 16.0 Å². The molecule has 0 saturated carbocycles. The Hall–Kier alpha value is -1.60. The summed E-state index contributed by atoms with van der Waals surface area (Å²) in [5.41, 5.74) is 6.89. The van der Waals surface area contributed by atoms with E-state index in [1.165, 1.54) is 12.8 Å². The zero-order valence-corrected chi connectivity index (χ0v) is 12.4. The number of aromatic nitrogens is 2. The highest BCUT2D eigenvalue weighted by Crippen LogP contribution is 2.28. The molecule has 3 N–H and O–H groups in total. The SMILES string of the molecule is Nc1c(NCCN2CCOCC2)ncnc1N1CCCC1. The molecule has 0 aliphatic carbocycles. The van der Waals surface area contributed by atoms with Crippen molar-refractivity contribution in [2.24, 2.45) is 0 Å². The molecule has 1 aromatic rings. The van der Waals surface area contributed by atoms with E-state index in [1.54, 1.807) is 6.33 Å². The molecule has 116 valence electrons. The number of ether oxygens (including phenoxy) is 1. The molecule has 3 heterocycles. The minimum atomic E-state index is 0.668. The smallest absolute Gasteiger partial charge is 0.157 e. The summed E-state index contributed by atoms with van der Waals surface area (Å²) in [4.78, 5) is 13.2. The van der Waals surface area contributed by atoms with Crippen LogP contribution in [0.5, 0.6) is 0 Å². The third kappa shape index (κ3) is 3.54. The van der Waals surface area contributed by atoms with Crippen LogP contribution in [0.3, 0.4) is 0 Å². The van der Waals surface area contributed by atoms with Crippen molar-refractivity contribution in [2.75, 3.05) is 68.4 Å². The van der Waals surface area contributed by atoms with Crippen molar-refractivity contribution < 1.29 is 4.74 Å². The highest BCUT2D eigenvalue weighted by Gasteiger charge is 2.18. The Balaban J connectivity index is 1.56. The molecule has 21 heavy (non-hydrogen) atoms. The number of nitrogens with one attached hydrogen (secondary N) is 1. The Labute approximate surface area is 125 Å². The molecule has 3 rings (SSSR count). The lowest BCUT2D eigenvalue weighted by molar-refractivity contribution is 0.0398. The van der Waals surface area contributed by atoms with Crippen molar-refractivity contribution in [3.8, 4) is 0 Å². The maximum Gasteiger partial charge on any atom is 0.157 e. The van der Waals surface area contributed by atoms with Crippen LogP contribution in [0.25, 0.3) is 0 Å². The van der Waals surface area contributed by atoms with E-state index in [-0.39, 0.29) is 0 Å². The van der Waals surface area contributed by atoms with Gasteiger partial charge in [-0.05, 0) is 12.8 Å². The van der Waals surface area contributed by atoms with Crippen LogP contribution in [-0.2, 0) is 4.74 Å². The Morgan fingerprint density at radius 2 is 1.90 bits per heavy atom. The summed E-state index contributed by atoms with van der Waals surface area (Å²) in [6.45, 7) is 7.54. The van der Waals surface area contributed by atoms with E-state index in [0.29, 0.717) is 5.69 Å². The standard InChI is InChI=1S/C14H24N6O/c15-12-13(16-3-6-19-7-9-21-10-8-19)17-11-18-14(12)20-4-1-2-5-20/h11H,1-10,15H2,(H,16,17,18). The molecule has 7 heteroatoms. The first-order valence-electron chi connectivity index (χ1n) is 7.74. The Bertz CT molecular complexity index is 457. The number of morpholine rings is 1. The summed E-state index contributed by atoms with van der Waals surface area (Å²) >= 11 is 0. The zero-order chi connectivity index (χ0) is 14.5. The van der Waals surface area contributed by atoms with Crippen molar-refractivity contribution in [1.29, 1.82) is 0 Å². The molecule has 0 bridgehead atoms. The molecule has 1 aromatic heterocycles. The fraction of sp³-hybridized carbons (Fsp3) is 0.714. The van der Waals surface area contributed by atoms with Gasteiger partial charge in [0.05, 0.1) is 13.2 Å². The summed E-state index contributed by atoms with van der Waals surface area (Å²) < 4.78 is 5.35. The topological polar surface area (TPSA) is 79.5 Å². The van der Waals surface area contributed by atoms with E-state index >= 15 is 0 Å². The van der Waals surface area contributed by atoms with E-state index in [0.717, 1.165) is 64.1 Å². The average Bonchev–Trinajstić information content (AvgIpc) is 3.04. The van der Waals surface area contributed by atoms with Gasteiger partial charge < -0.3 is 20.7 Å². The molecule has 0 spiro atoms. The van der Waals surface area contributed by atoms with Gasteiger partial charge in [0.2, 0.25) is 0 Å². The van der Waals surface area contributed by atoms with Gasteiger partial charge in [0.15, 0.2) is 11.6 Å². The molecular formula is C14H24N6O.